The summed E-state index contributed by atoms with van der Waals surface area (Å²) >= 11 is 5.90. The zero-order valence-corrected chi connectivity index (χ0v) is 14.9. The van der Waals surface area contributed by atoms with Crippen molar-refractivity contribution in [3.63, 3.8) is 0 Å². The van der Waals surface area contributed by atoms with Crippen LogP contribution < -0.4 is 10.0 Å². The molecule has 1 aromatic rings. The van der Waals surface area contributed by atoms with Gasteiger partial charge in [-0.2, -0.15) is 0 Å². The van der Waals surface area contributed by atoms with Crippen molar-refractivity contribution in [2.24, 2.45) is 0 Å². The van der Waals surface area contributed by atoms with Crippen LogP contribution in [-0.4, -0.2) is 32.5 Å². The Morgan fingerprint density at radius 1 is 1.48 bits per heavy atom. The third kappa shape index (κ3) is 5.02. The fraction of sp³-hybridized carbons (Fsp3) is 0.538. The molecule has 0 radical (unpaired) electrons. The predicted octanol–water partition coefficient (Wildman–Crippen LogP) is 2.40. The Labute approximate surface area is 146 Å². The van der Waals surface area contributed by atoms with Crippen LogP contribution in [-0.2, 0) is 10.0 Å². The van der Waals surface area contributed by atoms with Crippen LogP contribution in [0.2, 0.25) is 5.02 Å². The zero-order chi connectivity index (χ0) is 16.3. The molecule has 1 aliphatic heterocycles. The van der Waals surface area contributed by atoms with Gasteiger partial charge in [0.05, 0.1) is 14.8 Å². The van der Waals surface area contributed by atoms with Gasteiger partial charge in [-0.25, -0.2) is 13.1 Å². The first-order valence-electron chi connectivity index (χ1n) is 6.99. The molecule has 2 rings (SSSR count). The predicted molar refractivity (Wildman–Crippen MR) is 90.9 cm³/mol. The first-order chi connectivity index (χ1) is 10.3. The van der Waals surface area contributed by atoms with E-state index in [9.17, 15) is 18.5 Å². The van der Waals surface area contributed by atoms with E-state index in [0.29, 0.717) is 12.5 Å². The summed E-state index contributed by atoms with van der Waals surface area (Å²) in [6.07, 6.45) is 2.81. The number of nitro benzene ring substituents is 1. The monoisotopic (exact) mass is 383 g/mol. The minimum absolute atomic E-state index is 0. The van der Waals surface area contributed by atoms with Gasteiger partial charge in [-0.3, -0.25) is 10.1 Å². The van der Waals surface area contributed by atoms with Crippen molar-refractivity contribution in [2.45, 2.75) is 37.1 Å². The van der Waals surface area contributed by atoms with E-state index in [1.54, 1.807) is 0 Å². The maximum Gasteiger partial charge on any atom is 0.275 e. The highest BCUT2D eigenvalue weighted by molar-refractivity contribution is 7.89. The molecule has 2 N–H and O–H groups in total. The van der Waals surface area contributed by atoms with Crippen molar-refractivity contribution < 1.29 is 13.3 Å². The third-order valence-corrected chi connectivity index (χ3v) is 5.58. The first kappa shape index (κ1) is 20.1. The van der Waals surface area contributed by atoms with E-state index >= 15 is 0 Å². The lowest BCUT2D eigenvalue weighted by atomic mass is 10.2. The second kappa shape index (κ2) is 8.25. The Morgan fingerprint density at radius 3 is 2.74 bits per heavy atom. The Kier molecular flexibility index (Phi) is 7.22. The summed E-state index contributed by atoms with van der Waals surface area (Å²) in [6, 6.07) is 2.59. The molecular weight excluding hydrogens is 365 g/mol. The molecule has 0 amide bonds. The van der Waals surface area contributed by atoms with Gasteiger partial charge in [0, 0.05) is 24.2 Å². The van der Waals surface area contributed by atoms with Gasteiger partial charge in [0.25, 0.3) is 5.69 Å². The number of halogens is 2. The minimum atomic E-state index is -3.81. The fourth-order valence-corrected chi connectivity index (χ4v) is 3.81. The van der Waals surface area contributed by atoms with Crippen molar-refractivity contribution in [1.82, 2.24) is 10.0 Å². The lowest BCUT2D eigenvalue weighted by Gasteiger charge is -2.12. The van der Waals surface area contributed by atoms with Gasteiger partial charge >= 0.3 is 0 Å². The van der Waals surface area contributed by atoms with Gasteiger partial charge in [0.1, 0.15) is 0 Å². The minimum Gasteiger partial charge on any atom is -0.314 e. The molecule has 7 nitrogen and oxygen atoms in total. The molecule has 10 heteroatoms. The zero-order valence-electron chi connectivity index (χ0n) is 12.5. The topological polar surface area (TPSA) is 101 Å². The van der Waals surface area contributed by atoms with Crippen LogP contribution in [0, 0.1) is 17.0 Å². The Bertz CT molecular complexity index is 676. The second-order valence-electron chi connectivity index (χ2n) is 5.29. The van der Waals surface area contributed by atoms with Gasteiger partial charge in [-0.05, 0) is 38.8 Å². The van der Waals surface area contributed by atoms with Gasteiger partial charge < -0.3 is 5.32 Å². The number of nitrogens with zero attached hydrogens (tertiary/aromatic N) is 1. The maximum atomic E-state index is 12.2. The van der Waals surface area contributed by atoms with E-state index in [1.165, 1.54) is 13.0 Å². The number of sulfonamides is 1. The highest BCUT2D eigenvalue weighted by Gasteiger charge is 2.23. The Hall–Kier alpha value is -0.930. The molecule has 0 spiro atoms. The van der Waals surface area contributed by atoms with Gasteiger partial charge in [0.15, 0.2) is 0 Å². The molecule has 1 atom stereocenters. The molecule has 1 fully saturated rings. The van der Waals surface area contributed by atoms with Crippen LogP contribution in [0.25, 0.3) is 0 Å². The summed E-state index contributed by atoms with van der Waals surface area (Å²) in [7, 11) is -3.81. The second-order valence-corrected chi connectivity index (χ2v) is 7.46. The third-order valence-electron chi connectivity index (χ3n) is 3.74. The highest BCUT2D eigenvalue weighted by atomic mass is 35.5. The van der Waals surface area contributed by atoms with E-state index < -0.39 is 14.9 Å². The molecule has 1 aromatic carbocycles. The molecule has 0 unspecified atom stereocenters. The van der Waals surface area contributed by atoms with Crippen molar-refractivity contribution in [1.29, 1.82) is 0 Å². The number of nitro groups is 1. The van der Waals surface area contributed by atoms with E-state index in [1.807, 2.05) is 0 Å². The maximum absolute atomic E-state index is 12.2. The van der Waals surface area contributed by atoms with E-state index in [0.717, 1.165) is 25.5 Å². The van der Waals surface area contributed by atoms with Crippen molar-refractivity contribution in [2.75, 3.05) is 13.1 Å². The molecular formula is C13H19Cl2N3O4S. The smallest absolute Gasteiger partial charge is 0.275 e. The van der Waals surface area contributed by atoms with Crippen LogP contribution in [0.15, 0.2) is 17.0 Å². The number of hydrogen-bond acceptors (Lipinski definition) is 5. The lowest BCUT2D eigenvalue weighted by Crippen LogP contribution is -2.30. The van der Waals surface area contributed by atoms with Crippen molar-refractivity contribution in [3.8, 4) is 0 Å². The van der Waals surface area contributed by atoms with Crippen LogP contribution in [0.1, 0.15) is 24.8 Å². The lowest BCUT2D eigenvalue weighted by molar-refractivity contribution is -0.385. The van der Waals surface area contributed by atoms with E-state index in [4.69, 9.17) is 11.6 Å². The van der Waals surface area contributed by atoms with Crippen molar-refractivity contribution >= 4 is 39.7 Å². The molecule has 0 bridgehead atoms. The molecule has 1 heterocycles. The summed E-state index contributed by atoms with van der Waals surface area (Å²) in [4.78, 5) is 10.1. The van der Waals surface area contributed by atoms with Crippen LogP contribution >= 0.6 is 24.0 Å². The normalized spacial score (nSPS) is 17.7. The quantitative estimate of drug-likeness (QED) is 0.579. The molecule has 0 aliphatic carbocycles. The summed E-state index contributed by atoms with van der Waals surface area (Å²) in [6.45, 7) is 2.71. The largest absolute Gasteiger partial charge is 0.314 e. The van der Waals surface area contributed by atoms with Gasteiger partial charge in [-0.1, -0.05) is 11.6 Å². The average molecular weight is 384 g/mol. The van der Waals surface area contributed by atoms with Crippen LogP contribution in [0.5, 0.6) is 0 Å². The first-order valence-corrected chi connectivity index (χ1v) is 8.85. The molecule has 130 valence electrons. The number of nitrogens with one attached hydrogen (secondary N) is 2. The Morgan fingerprint density at radius 2 is 2.17 bits per heavy atom. The SMILES string of the molecule is Cc1c(Cl)cc(S(=O)(=O)NCC[C@H]2CCCN2)cc1[N+](=O)[O-].Cl. The summed E-state index contributed by atoms with van der Waals surface area (Å²) in [5.41, 5.74) is -0.0499. The summed E-state index contributed by atoms with van der Waals surface area (Å²) in [5, 5.41) is 14.3. The fourth-order valence-electron chi connectivity index (χ4n) is 2.44. The standard InChI is InChI=1S/C13H18ClN3O4S.ClH/c1-9-12(14)7-11(8-13(9)17(18)19)22(20,21)16-6-4-10-3-2-5-15-10;/h7-8,10,15-16H,2-6H2,1H3;1H/t10-;/m1./s1. The van der Waals surface area contributed by atoms with Gasteiger partial charge in [0.2, 0.25) is 10.0 Å². The van der Waals surface area contributed by atoms with E-state index in [-0.39, 0.29) is 40.1 Å². The van der Waals surface area contributed by atoms with Crippen LogP contribution in [0.4, 0.5) is 5.69 Å². The molecule has 1 aliphatic rings. The molecule has 23 heavy (non-hydrogen) atoms. The Balaban J connectivity index is 0.00000264. The molecule has 0 aromatic heterocycles. The van der Waals surface area contributed by atoms with E-state index in [2.05, 4.69) is 10.0 Å². The number of hydrogen-bond donors (Lipinski definition) is 2. The van der Waals surface area contributed by atoms with Crippen molar-refractivity contribution in [3.05, 3.63) is 32.8 Å². The van der Waals surface area contributed by atoms with Crippen LogP contribution in [0.3, 0.4) is 0 Å². The number of rotatable bonds is 6. The summed E-state index contributed by atoms with van der Waals surface area (Å²) in [5.74, 6) is 0. The number of benzene rings is 1. The average Bonchev–Trinajstić information content (AvgIpc) is 2.94. The van der Waals surface area contributed by atoms with Gasteiger partial charge in [-0.15, -0.1) is 12.4 Å². The molecule has 1 saturated heterocycles. The highest BCUT2D eigenvalue weighted by Crippen LogP contribution is 2.29. The summed E-state index contributed by atoms with van der Waals surface area (Å²) < 4.78 is 26.9. The molecule has 0 saturated carbocycles.